The van der Waals surface area contributed by atoms with Crippen molar-refractivity contribution in [2.45, 2.75) is 52.2 Å². The lowest BCUT2D eigenvalue weighted by Gasteiger charge is -2.26. The topological polar surface area (TPSA) is 41.5 Å². The standard InChI is InChI=1S/C10H21NO2/c1-6-8(7-2)11-9(12)13-10(3,4)5/h6,8-9,11-12H,1,7H2,2-5H3. The zero-order chi connectivity index (χ0) is 10.5. The van der Waals surface area contributed by atoms with E-state index in [4.69, 9.17) is 4.74 Å². The molecule has 0 rings (SSSR count). The minimum atomic E-state index is -0.928. The fourth-order valence-corrected chi connectivity index (χ4v) is 0.905. The third kappa shape index (κ3) is 6.75. The van der Waals surface area contributed by atoms with E-state index in [0.717, 1.165) is 6.42 Å². The molecule has 0 aliphatic rings. The first-order valence-electron chi connectivity index (χ1n) is 4.63. The number of rotatable bonds is 5. The van der Waals surface area contributed by atoms with Crippen molar-refractivity contribution in [2.24, 2.45) is 0 Å². The average Bonchev–Trinajstić information content (AvgIpc) is 1.96. The Bertz CT molecular complexity index is 151. The predicted octanol–water partition coefficient (Wildman–Crippen LogP) is 1.63. The van der Waals surface area contributed by atoms with Crippen LogP contribution in [0.4, 0.5) is 0 Å². The summed E-state index contributed by atoms with van der Waals surface area (Å²) < 4.78 is 5.27. The summed E-state index contributed by atoms with van der Waals surface area (Å²) in [5.41, 5.74) is -0.341. The quantitative estimate of drug-likeness (QED) is 0.508. The van der Waals surface area contributed by atoms with Crippen LogP contribution in [-0.2, 0) is 4.74 Å². The second-order valence-corrected chi connectivity index (χ2v) is 4.00. The summed E-state index contributed by atoms with van der Waals surface area (Å²) in [5.74, 6) is 0. The molecular weight excluding hydrogens is 166 g/mol. The number of ether oxygens (including phenoxy) is 1. The van der Waals surface area contributed by atoms with Crippen LogP contribution in [0.1, 0.15) is 34.1 Å². The molecule has 0 fully saturated rings. The number of aliphatic hydroxyl groups is 1. The number of hydrogen-bond acceptors (Lipinski definition) is 3. The molecule has 2 atom stereocenters. The molecule has 0 spiro atoms. The molecule has 2 N–H and O–H groups in total. The van der Waals surface area contributed by atoms with E-state index in [1.165, 1.54) is 0 Å². The maximum Gasteiger partial charge on any atom is 0.214 e. The molecule has 3 heteroatoms. The highest BCUT2D eigenvalue weighted by atomic mass is 16.6. The van der Waals surface area contributed by atoms with Gasteiger partial charge in [0.25, 0.3) is 0 Å². The van der Waals surface area contributed by atoms with Gasteiger partial charge in [0.2, 0.25) is 6.41 Å². The van der Waals surface area contributed by atoms with Gasteiger partial charge in [-0.3, -0.25) is 5.32 Å². The first-order valence-corrected chi connectivity index (χ1v) is 4.63. The van der Waals surface area contributed by atoms with Crippen molar-refractivity contribution >= 4 is 0 Å². The van der Waals surface area contributed by atoms with E-state index in [1.807, 2.05) is 27.7 Å². The molecule has 0 aliphatic carbocycles. The highest BCUT2D eigenvalue weighted by Gasteiger charge is 2.17. The van der Waals surface area contributed by atoms with Crippen molar-refractivity contribution in [3.05, 3.63) is 12.7 Å². The summed E-state index contributed by atoms with van der Waals surface area (Å²) in [5, 5.41) is 12.3. The van der Waals surface area contributed by atoms with E-state index in [2.05, 4.69) is 11.9 Å². The van der Waals surface area contributed by atoms with E-state index in [-0.39, 0.29) is 11.6 Å². The molecule has 0 saturated carbocycles. The first kappa shape index (κ1) is 12.6. The average molecular weight is 187 g/mol. The molecule has 2 unspecified atom stereocenters. The molecule has 78 valence electrons. The number of hydrogen-bond donors (Lipinski definition) is 2. The summed E-state index contributed by atoms with van der Waals surface area (Å²) >= 11 is 0. The molecule has 3 nitrogen and oxygen atoms in total. The van der Waals surface area contributed by atoms with Crippen LogP contribution in [0.25, 0.3) is 0 Å². The van der Waals surface area contributed by atoms with Crippen molar-refractivity contribution < 1.29 is 9.84 Å². The second kappa shape index (κ2) is 5.37. The molecule has 0 aromatic rings. The molecule has 0 amide bonds. The van der Waals surface area contributed by atoms with Gasteiger partial charge in [-0.1, -0.05) is 13.0 Å². The lowest BCUT2D eigenvalue weighted by molar-refractivity contribution is -0.183. The molecule has 0 aromatic heterocycles. The monoisotopic (exact) mass is 187 g/mol. The van der Waals surface area contributed by atoms with Crippen molar-refractivity contribution in [1.29, 1.82) is 0 Å². The van der Waals surface area contributed by atoms with Crippen molar-refractivity contribution in [3.63, 3.8) is 0 Å². The third-order valence-electron chi connectivity index (χ3n) is 1.55. The SMILES string of the molecule is C=CC(CC)NC(O)OC(C)(C)C. The maximum atomic E-state index is 9.44. The van der Waals surface area contributed by atoms with Gasteiger partial charge in [0.1, 0.15) is 0 Å². The highest BCUT2D eigenvalue weighted by Crippen LogP contribution is 2.08. The van der Waals surface area contributed by atoms with Crippen LogP contribution in [0.5, 0.6) is 0 Å². The first-order chi connectivity index (χ1) is 5.89. The normalized spacial score (nSPS) is 16.7. The Kier molecular flexibility index (Phi) is 5.21. The van der Waals surface area contributed by atoms with Gasteiger partial charge in [0, 0.05) is 6.04 Å². The molecular formula is C10H21NO2. The molecule has 0 aliphatic heterocycles. The van der Waals surface area contributed by atoms with Crippen LogP contribution in [0.15, 0.2) is 12.7 Å². The van der Waals surface area contributed by atoms with Gasteiger partial charge in [-0.25, -0.2) is 0 Å². The van der Waals surface area contributed by atoms with Gasteiger partial charge in [0.15, 0.2) is 0 Å². The van der Waals surface area contributed by atoms with Crippen molar-refractivity contribution in [2.75, 3.05) is 0 Å². The lowest BCUT2D eigenvalue weighted by Crippen LogP contribution is -2.42. The van der Waals surface area contributed by atoms with Crippen molar-refractivity contribution in [3.8, 4) is 0 Å². The van der Waals surface area contributed by atoms with E-state index < -0.39 is 6.41 Å². The van der Waals surface area contributed by atoms with E-state index >= 15 is 0 Å². The van der Waals surface area contributed by atoms with Crippen LogP contribution in [-0.4, -0.2) is 23.2 Å². The Morgan fingerprint density at radius 1 is 1.54 bits per heavy atom. The number of aliphatic hydroxyl groups excluding tert-OH is 1. The molecule has 0 aromatic carbocycles. The van der Waals surface area contributed by atoms with E-state index in [9.17, 15) is 5.11 Å². The zero-order valence-electron chi connectivity index (χ0n) is 9.00. The fraction of sp³-hybridized carbons (Fsp3) is 0.800. The Morgan fingerprint density at radius 2 is 2.08 bits per heavy atom. The Labute approximate surface area is 80.8 Å². The molecule has 0 radical (unpaired) electrons. The van der Waals surface area contributed by atoms with Crippen LogP contribution in [0, 0.1) is 0 Å². The summed E-state index contributed by atoms with van der Waals surface area (Å²) in [4.78, 5) is 0. The Balaban J connectivity index is 3.85. The summed E-state index contributed by atoms with van der Waals surface area (Å²) in [6.45, 7) is 11.4. The van der Waals surface area contributed by atoms with Crippen molar-refractivity contribution in [1.82, 2.24) is 5.32 Å². The van der Waals surface area contributed by atoms with Crippen LogP contribution >= 0.6 is 0 Å². The van der Waals surface area contributed by atoms with E-state index in [1.54, 1.807) is 6.08 Å². The largest absolute Gasteiger partial charge is 0.356 e. The fourth-order valence-electron chi connectivity index (χ4n) is 0.905. The molecule has 0 saturated heterocycles. The summed E-state index contributed by atoms with van der Waals surface area (Å²) in [6, 6.07) is 0.0948. The lowest BCUT2D eigenvalue weighted by atomic mass is 10.2. The Hall–Kier alpha value is -0.380. The molecule has 0 heterocycles. The number of nitrogens with one attached hydrogen (secondary N) is 1. The molecule has 13 heavy (non-hydrogen) atoms. The smallest absolute Gasteiger partial charge is 0.214 e. The van der Waals surface area contributed by atoms with Crippen LogP contribution in [0.3, 0.4) is 0 Å². The minimum absolute atomic E-state index is 0.0948. The van der Waals surface area contributed by atoms with Gasteiger partial charge in [-0.05, 0) is 27.2 Å². The van der Waals surface area contributed by atoms with Gasteiger partial charge in [-0.15, -0.1) is 6.58 Å². The van der Waals surface area contributed by atoms with Crippen LogP contribution < -0.4 is 5.32 Å². The highest BCUT2D eigenvalue weighted by molar-refractivity contribution is 4.84. The predicted molar refractivity (Wildman–Crippen MR) is 54.3 cm³/mol. The minimum Gasteiger partial charge on any atom is -0.356 e. The summed E-state index contributed by atoms with van der Waals surface area (Å²) in [6.07, 6.45) is 1.71. The summed E-state index contributed by atoms with van der Waals surface area (Å²) in [7, 11) is 0. The zero-order valence-corrected chi connectivity index (χ0v) is 9.00. The second-order valence-electron chi connectivity index (χ2n) is 4.00. The van der Waals surface area contributed by atoms with Gasteiger partial charge < -0.3 is 9.84 Å². The van der Waals surface area contributed by atoms with E-state index in [0.29, 0.717) is 0 Å². The molecule has 0 bridgehead atoms. The van der Waals surface area contributed by atoms with Gasteiger partial charge in [0.05, 0.1) is 5.60 Å². The van der Waals surface area contributed by atoms with Crippen LogP contribution in [0.2, 0.25) is 0 Å². The Morgan fingerprint density at radius 3 is 2.38 bits per heavy atom. The third-order valence-corrected chi connectivity index (χ3v) is 1.55. The maximum absolute atomic E-state index is 9.44. The van der Waals surface area contributed by atoms with Gasteiger partial charge in [-0.2, -0.15) is 0 Å². The van der Waals surface area contributed by atoms with Gasteiger partial charge >= 0.3 is 0 Å².